The van der Waals surface area contributed by atoms with E-state index in [2.05, 4.69) is 26.0 Å². The number of nitro groups is 1. The molecule has 0 radical (unpaired) electrons. The summed E-state index contributed by atoms with van der Waals surface area (Å²) in [6.07, 6.45) is 2.12. The Bertz CT molecular complexity index is 1430. The lowest BCUT2D eigenvalue weighted by atomic mass is 10.2. The molecule has 1 heterocycles. The van der Waals surface area contributed by atoms with Gasteiger partial charge in [-0.3, -0.25) is 14.9 Å². The van der Waals surface area contributed by atoms with E-state index in [1.54, 1.807) is 42.6 Å². The van der Waals surface area contributed by atoms with E-state index in [-0.39, 0.29) is 17.9 Å². The third-order valence-electron chi connectivity index (χ3n) is 4.90. The van der Waals surface area contributed by atoms with Crippen LogP contribution >= 0.6 is 15.9 Å². The van der Waals surface area contributed by atoms with Crippen LogP contribution < -0.4 is 10.3 Å². The zero-order valence-corrected chi connectivity index (χ0v) is 19.2. The number of nitrogens with zero attached hydrogens (tertiary/aromatic N) is 4. The number of ether oxygens (including phenoxy) is 1. The van der Waals surface area contributed by atoms with Gasteiger partial charge < -0.3 is 4.74 Å². The molecule has 4 rings (SSSR count). The number of nitro benzene ring substituents is 1. The van der Waals surface area contributed by atoms with Crippen LogP contribution in [0.5, 0.6) is 5.75 Å². The highest BCUT2D eigenvalue weighted by atomic mass is 79.9. The maximum atomic E-state index is 13.0. The third-order valence-corrected chi connectivity index (χ3v) is 5.39. The van der Waals surface area contributed by atoms with E-state index < -0.39 is 4.92 Å². The van der Waals surface area contributed by atoms with Crippen molar-refractivity contribution in [2.75, 3.05) is 0 Å². The number of benzene rings is 3. The first-order valence-electron chi connectivity index (χ1n) is 10.2. The molecule has 33 heavy (non-hydrogen) atoms. The van der Waals surface area contributed by atoms with Crippen molar-refractivity contribution < 1.29 is 9.66 Å². The minimum absolute atomic E-state index is 0.0187. The van der Waals surface area contributed by atoms with E-state index in [0.29, 0.717) is 34.5 Å². The summed E-state index contributed by atoms with van der Waals surface area (Å²) < 4.78 is 7.89. The Morgan fingerprint density at radius 2 is 1.97 bits per heavy atom. The molecule has 0 bridgehead atoms. The summed E-state index contributed by atoms with van der Waals surface area (Å²) in [5.74, 6) is 1.14. The number of non-ortho nitro benzene ring substituents is 1. The molecule has 0 N–H and O–H groups in total. The maximum Gasteiger partial charge on any atom is 0.282 e. The fourth-order valence-corrected chi connectivity index (χ4v) is 3.64. The Balaban J connectivity index is 1.57. The van der Waals surface area contributed by atoms with Crippen LogP contribution in [0.2, 0.25) is 0 Å². The van der Waals surface area contributed by atoms with Crippen molar-refractivity contribution in [1.29, 1.82) is 0 Å². The molecule has 0 spiro atoms. The summed E-state index contributed by atoms with van der Waals surface area (Å²) in [4.78, 5) is 28.1. The number of halogens is 1. The summed E-state index contributed by atoms with van der Waals surface area (Å²) in [5.41, 5.74) is 1.83. The molecule has 166 valence electrons. The highest BCUT2D eigenvalue weighted by Crippen LogP contribution is 2.18. The predicted molar refractivity (Wildman–Crippen MR) is 130 cm³/mol. The fourth-order valence-electron chi connectivity index (χ4n) is 3.28. The van der Waals surface area contributed by atoms with Gasteiger partial charge in [0.15, 0.2) is 0 Å². The lowest BCUT2D eigenvalue weighted by Gasteiger charge is -2.08. The minimum atomic E-state index is -0.437. The Labute approximate surface area is 197 Å². The molecule has 4 aromatic rings. The molecule has 0 atom stereocenters. The Morgan fingerprint density at radius 3 is 2.76 bits per heavy atom. The molecule has 8 nitrogen and oxygen atoms in total. The number of aryl methyl sites for hydroxylation is 1. The molecule has 0 amide bonds. The second kappa shape index (κ2) is 9.74. The number of hydrogen-bond acceptors (Lipinski definition) is 6. The molecule has 0 saturated heterocycles. The van der Waals surface area contributed by atoms with Crippen molar-refractivity contribution in [1.82, 2.24) is 9.66 Å². The average molecular weight is 507 g/mol. The minimum Gasteiger partial charge on any atom is -0.489 e. The van der Waals surface area contributed by atoms with Crippen molar-refractivity contribution >= 4 is 38.7 Å². The SMILES string of the molecule is CCc1nc2ccc(Br)cc2c(=O)n1N=Cc1cccc(OCc2cccc([N+](=O)[O-])c2)c1. The van der Waals surface area contributed by atoms with E-state index in [1.165, 1.54) is 16.8 Å². The Hall–Kier alpha value is -3.85. The smallest absolute Gasteiger partial charge is 0.282 e. The summed E-state index contributed by atoms with van der Waals surface area (Å²) in [6, 6.07) is 18.9. The van der Waals surface area contributed by atoms with Gasteiger partial charge in [-0.05, 0) is 41.5 Å². The van der Waals surface area contributed by atoms with Gasteiger partial charge in [-0.2, -0.15) is 9.78 Å². The van der Waals surface area contributed by atoms with Crippen LogP contribution in [0, 0.1) is 10.1 Å². The second-order valence-electron chi connectivity index (χ2n) is 7.19. The number of fused-ring (bicyclic) bond motifs is 1. The van der Waals surface area contributed by atoms with E-state index in [0.717, 1.165) is 10.0 Å². The molecule has 0 unspecified atom stereocenters. The normalized spacial score (nSPS) is 11.2. The molecule has 0 aliphatic rings. The largest absolute Gasteiger partial charge is 0.489 e. The molecule has 9 heteroatoms. The molecule has 0 fully saturated rings. The predicted octanol–water partition coefficient (Wildman–Crippen LogP) is 5.09. The Kier molecular flexibility index (Phi) is 6.60. The van der Waals surface area contributed by atoms with Gasteiger partial charge in [0.1, 0.15) is 18.2 Å². The Morgan fingerprint density at radius 1 is 1.15 bits per heavy atom. The van der Waals surface area contributed by atoms with E-state index in [9.17, 15) is 14.9 Å². The van der Waals surface area contributed by atoms with Gasteiger partial charge in [0.2, 0.25) is 0 Å². The van der Waals surface area contributed by atoms with Crippen LogP contribution in [-0.4, -0.2) is 20.8 Å². The molecule has 3 aromatic carbocycles. The van der Waals surface area contributed by atoms with Gasteiger partial charge in [0.05, 0.1) is 22.0 Å². The van der Waals surface area contributed by atoms with E-state index >= 15 is 0 Å². The number of aromatic nitrogens is 2. The number of rotatable bonds is 7. The van der Waals surface area contributed by atoms with Crippen LogP contribution in [0.3, 0.4) is 0 Å². The lowest BCUT2D eigenvalue weighted by Crippen LogP contribution is -2.22. The second-order valence-corrected chi connectivity index (χ2v) is 8.11. The van der Waals surface area contributed by atoms with E-state index in [1.807, 2.05) is 25.1 Å². The summed E-state index contributed by atoms with van der Waals surface area (Å²) in [5, 5.41) is 15.8. The topological polar surface area (TPSA) is 99.6 Å². The van der Waals surface area contributed by atoms with Crippen molar-refractivity contribution in [3.8, 4) is 5.75 Å². The van der Waals surface area contributed by atoms with Crippen LogP contribution in [0.25, 0.3) is 10.9 Å². The highest BCUT2D eigenvalue weighted by Gasteiger charge is 2.10. The average Bonchev–Trinajstić information content (AvgIpc) is 2.83. The molecule has 0 aliphatic heterocycles. The molecular formula is C24H19BrN4O4. The summed E-state index contributed by atoms with van der Waals surface area (Å²) in [6.45, 7) is 2.10. The lowest BCUT2D eigenvalue weighted by molar-refractivity contribution is -0.384. The first kappa shape index (κ1) is 22.3. The number of hydrogen-bond donors (Lipinski definition) is 0. The fraction of sp³-hybridized carbons (Fsp3) is 0.125. The monoisotopic (exact) mass is 506 g/mol. The highest BCUT2D eigenvalue weighted by molar-refractivity contribution is 9.10. The van der Waals surface area contributed by atoms with Gasteiger partial charge in [0, 0.05) is 23.0 Å². The molecule has 0 saturated carbocycles. The summed E-state index contributed by atoms with van der Waals surface area (Å²) in [7, 11) is 0. The standard InChI is InChI=1S/C24H19BrN4O4/c1-2-23-27-22-10-9-18(25)13-21(22)24(30)28(23)26-14-16-5-4-8-20(12-16)33-15-17-6-3-7-19(11-17)29(31)32/h3-14H,2,15H2,1H3. The van der Waals surface area contributed by atoms with Gasteiger partial charge in [-0.1, -0.05) is 47.1 Å². The van der Waals surface area contributed by atoms with Gasteiger partial charge in [0.25, 0.3) is 11.2 Å². The van der Waals surface area contributed by atoms with Crippen LogP contribution in [-0.2, 0) is 13.0 Å². The van der Waals surface area contributed by atoms with Crippen molar-refractivity contribution in [2.24, 2.45) is 5.10 Å². The van der Waals surface area contributed by atoms with E-state index in [4.69, 9.17) is 4.74 Å². The van der Waals surface area contributed by atoms with Crippen molar-refractivity contribution in [3.63, 3.8) is 0 Å². The zero-order valence-electron chi connectivity index (χ0n) is 17.6. The first-order chi connectivity index (χ1) is 15.9. The maximum absolute atomic E-state index is 13.0. The van der Waals surface area contributed by atoms with Crippen LogP contribution in [0.15, 0.2) is 81.1 Å². The van der Waals surface area contributed by atoms with Gasteiger partial charge >= 0.3 is 0 Å². The molecule has 1 aromatic heterocycles. The van der Waals surface area contributed by atoms with Crippen LogP contribution in [0.4, 0.5) is 5.69 Å². The quantitative estimate of drug-likeness (QED) is 0.197. The van der Waals surface area contributed by atoms with Crippen molar-refractivity contribution in [2.45, 2.75) is 20.0 Å². The van der Waals surface area contributed by atoms with Gasteiger partial charge in [-0.15, -0.1) is 0 Å². The molecule has 0 aliphatic carbocycles. The molecular weight excluding hydrogens is 488 g/mol. The first-order valence-corrected chi connectivity index (χ1v) is 11.0. The van der Waals surface area contributed by atoms with Crippen LogP contribution in [0.1, 0.15) is 23.9 Å². The zero-order chi connectivity index (χ0) is 23.4. The summed E-state index contributed by atoms with van der Waals surface area (Å²) >= 11 is 3.39. The van der Waals surface area contributed by atoms with Gasteiger partial charge in [-0.25, -0.2) is 4.98 Å². The van der Waals surface area contributed by atoms with Crippen molar-refractivity contribution in [3.05, 3.63) is 109 Å². The third kappa shape index (κ3) is 5.15.